The number of thioether (sulfide) groups is 1. The summed E-state index contributed by atoms with van der Waals surface area (Å²) in [5, 5.41) is 0. The van der Waals surface area contributed by atoms with Crippen LogP contribution in [0.2, 0.25) is 0 Å². The monoisotopic (exact) mass is 272 g/mol. The van der Waals surface area contributed by atoms with E-state index in [9.17, 15) is 17.6 Å². The summed E-state index contributed by atoms with van der Waals surface area (Å²) in [6.07, 6.45) is 0.669. The molecule has 0 spiro atoms. The van der Waals surface area contributed by atoms with E-state index in [4.69, 9.17) is 11.6 Å². The average molecular weight is 273 g/mol. The standard InChI is InChI=1S/C10H9ClF4S/c11-6-2-3-7-8(12)4-1-5-9(7)16-10(13,14)15/h1,4-5H,2-3,6H2. The molecule has 1 aromatic carbocycles. The van der Waals surface area contributed by atoms with Gasteiger partial charge in [0.25, 0.3) is 0 Å². The van der Waals surface area contributed by atoms with Crippen LogP contribution in [-0.2, 0) is 6.42 Å². The molecule has 0 amide bonds. The molecule has 0 saturated heterocycles. The lowest BCUT2D eigenvalue weighted by Gasteiger charge is -2.11. The lowest BCUT2D eigenvalue weighted by atomic mass is 10.1. The van der Waals surface area contributed by atoms with Crippen molar-refractivity contribution in [1.29, 1.82) is 0 Å². The Hall–Kier alpha value is -0.420. The smallest absolute Gasteiger partial charge is 0.207 e. The fraction of sp³-hybridized carbons (Fsp3) is 0.400. The molecule has 16 heavy (non-hydrogen) atoms. The first-order valence-electron chi connectivity index (χ1n) is 4.53. The maximum atomic E-state index is 13.3. The van der Waals surface area contributed by atoms with E-state index >= 15 is 0 Å². The second kappa shape index (κ2) is 5.77. The fourth-order valence-electron chi connectivity index (χ4n) is 1.25. The summed E-state index contributed by atoms with van der Waals surface area (Å²) in [4.78, 5) is -0.0855. The Morgan fingerprint density at radius 3 is 2.50 bits per heavy atom. The summed E-state index contributed by atoms with van der Waals surface area (Å²) in [6, 6.07) is 3.70. The Morgan fingerprint density at radius 1 is 1.25 bits per heavy atom. The minimum Gasteiger partial charge on any atom is -0.207 e. The molecule has 0 unspecified atom stereocenters. The molecule has 90 valence electrons. The zero-order valence-electron chi connectivity index (χ0n) is 8.15. The highest BCUT2D eigenvalue weighted by atomic mass is 35.5. The second-order valence-electron chi connectivity index (χ2n) is 3.06. The third-order valence-electron chi connectivity index (χ3n) is 1.86. The molecule has 6 heteroatoms. The van der Waals surface area contributed by atoms with Crippen LogP contribution in [0.5, 0.6) is 0 Å². The van der Waals surface area contributed by atoms with Crippen LogP contribution in [0.25, 0.3) is 0 Å². The van der Waals surface area contributed by atoms with Crippen molar-refractivity contribution in [2.24, 2.45) is 0 Å². The van der Waals surface area contributed by atoms with E-state index in [2.05, 4.69) is 0 Å². The normalized spacial score (nSPS) is 11.8. The van der Waals surface area contributed by atoms with E-state index < -0.39 is 11.3 Å². The first-order valence-corrected chi connectivity index (χ1v) is 5.88. The number of benzene rings is 1. The Balaban J connectivity index is 2.93. The van der Waals surface area contributed by atoms with E-state index in [1.807, 2.05) is 0 Å². The van der Waals surface area contributed by atoms with Crippen LogP contribution in [0, 0.1) is 5.82 Å². The largest absolute Gasteiger partial charge is 0.446 e. The van der Waals surface area contributed by atoms with Crippen LogP contribution in [0.1, 0.15) is 12.0 Å². The Labute approximate surface area is 100.0 Å². The summed E-state index contributed by atoms with van der Waals surface area (Å²) < 4.78 is 49.9. The summed E-state index contributed by atoms with van der Waals surface area (Å²) in [5.74, 6) is -0.316. The molecule has 0 saturated carbocycles. The lowest BCUT2D eigenvalue weighted by Crippen LogP contribution is -2.03. The molecular weight excluding hydrogens is 264 g/mol. The maximum Gasteiger partial charge on any atom is 0.446 e. The van der Waals surface area contributed by atoms with Crippen molar-refractivity contribution < 1.29 is 17.6 Å². The zero-order valence-corrected chi connectivity index (χ0v) is 9.72. The number of hydrogen-bond acceptors (Lipinski definition) is 1. The number of hydrogen-bond donors (Lipinski definition) is 0. The third kappa shape index (κ3) is 4.22. The van der Waals surface area contributed by atoms with E-state index in [1.54, 1.807) is 0 Å². The van der Waals surface area contributed by atoms with Gasteiger partial charge in [-0.05, 0) is 36.7 Å². The molecule has 0 nitrogen and oxygen atoms in total. The molecule has 0 aliphatic carbocycles. The highest BCUT2D eigenvalue weighted by Gasteiger charge is 2.30. The van der Waals surface area contributed by atoms with Crippen LogP contribution < -0.4 is 0 Å². The Kier molecular flexibility index (Phi) is 4.92. The minimum atomic E-state index is -4.40. The highest BCUT2D eigenvalue weighted by molar-refractivity contribution is 8.00. The van der Waals surface area contributed by atoms with Crippen LogP contribution >= 0.6 is 23.4 Å². The molecule has 0 fully saturated rings. The van der Waals surface area contributed by atoms with Gasteiger partial charge in [-0.1, -0.05) is 6.07 Å². The minimum absolute atomic E-state index is 0.0855. The van der Waals surface area contributed by atoms with E-state index in [0.29, 0.717) is 12.3 Å². The first kappa shape index (κ1) is 13.6. The van der Waals surface area contributed by atoms with Crippen molar-refractivity contribution in [2.45, 2.75) is 23.2 Å². The van der Waals surface area contributed by atoms with Gasteiger partial charge in [-0.15, -0.1) is 11.6 Å². The molecule has 0 atom stereocenters. The fourth-order valence-corrected chi connectivity index (χ4v) is 2.10. The average Bonchev–Trinajstić information content (AvgIpc) is 2.14. The van der Waals surface area contributed by atoms with Gasteiger partial charge in [-0.3, -0.25) is 0 Å². The van der Waals surface area contributed by atoms with E-state index in [0.717, 1.165) is 6.07 Å². The van der Waals surface area contributed by atoms with Gasteiger partial charge in [0.15, 0.2) is 0 Å². The van der Waals surface area contributed by atoms with Gasteiger partial charge < -0.3 is 0 Å². The predicted octanol–water partition coefficient (Wildman–Crippen LogP) is 4.61. The van der Waals surface area contributed by atoms with Crippen LogP contribution in [-0.4, -0.2) is 11.4 Å². The summed E-state index contributed by atoms with van der Waals surface area (Å²) in [7, 11) is 0. The first-order chi connectivity index (χ1) is 7.44. The quantitative estimate of drug-likeness (QED) is 0.438. The van der Waals surface area contributed by atoms with Gasteiger partial charge in [0.05, 0.1) is 0 Å². The van der Waals surface area contributed by atoms with Gasteiger partial charge in [0.1, 0.15) is 5.82 Å². The van der Waals surface area contributed by atoms with Gasteiger partial charge in [0.2, 0.25) is 0 Å². The van der Waals surface area contributed by atoms with Crippen molar-refractivity contribution in [3.05, 3.63) is 29.6 Å². The van der Waals surface area contributed by atoms with Crippen molar-refractivity contribution in [3.63, 3.8) is 0 Å². The van der Waals surface area contributed by atoms with Crippen molar-refractivity contribution in [2.75, 3.05) is 5.88 Å². The molecule has 0 N–H and O–H groups in total. The van der Waals surface area contributed by atoms with Crippen LogP contribution in [0.15, 0.2) is 23.1 Å². The molecule has 0 heterocycles. The summed E-state index contributed by atoms with van der Waals surface area (Å²) in [5.41, 5.74) is -4.31. The van der Waals surface area contributed by atoms with Gasteiger partial charge in [-0.25, -0.2) is 4.39 Å². The highest BCUT2D eigenvalue weighted by Crippen LogP contribution is 2.39. The molecular formula is C10H9ClF4S. The molecule has 1 rings (SSSR count). The third-order valence-corrected chi connectivity index (χ3v) is 2.96. The summed E-state index contributed by atoms with van der Waals surface area (Å²) in [6.45, 7) is 0. The Bertz CT molecular complexity index is 351. The zero-order chi connectivity index (χ0) is 12.2. The van der Waals surface area contributed by atoms with Crippen molar-refractivity contribution in [3.8, 4) is 0 Å². The SMILES string of the molecule is Fc1cccc(SC(F)(F)F)c1CCCCl. The van der Waals surface area contributed by atoms with Crippen LogP contribution in [0.3, 0.4) is 0 Å². The second-order valence-corrected chi connectivity index (χ2v) is 4.54. The maximum absolute atomic E-state index is 13.3. The predicted molar refractivity (Wildman–Crippen MR) is 57.4 cm³/mol. The van der Waals surface area contributed by atoms with Crippen LogP contribution in [0.4, 0.5) is 17.6 Å². The van der Waals surface area contributed by atoms with E-state index in [1.165, 1.54) is 12.1 Å². The van der Waals surface area contributed by atoms with Gasteiger partial charge in [-0.2, -0.15) is 13.2 Å². The molecule has 0 aliphatic heterocycles. The summed E-state index contributed by atoms with van der Waals surface area (Å²) >= 11 is 5.15. The van der Waals surface area contributed by atoms with Crippen molar-refractivity contribution in [1.82, 2.24) is 0 Å². The number of alkyl halides is 4. The molecule has 1 aromatic rings. The van der Waals surface area contributed by atoms with Gasteiger partial charge in [0, 0.05) is 16.3 Å². The lowest BCUT2D eigenvalue weighted by molar-refractivity contribution is -0.0328. The molecule has 0 aromatic heterocycles. The number of halogens is 5. The van der Waals surface area contributed by atoms with Crippen molar-refractivity contribution >= 4 is 23.4 Å². The molecule has 0 bridgehead atoms. The number of rotatable bonds is 4. The van der Waals surface area contributed by atoms with Gasteiger partial charge >= 0.3 is 5.51 Å². The van der Waals surface area contributed by atoms with E-state index in [-0.39, 0.29) is 28.6 Å². The Morgan fingerprint density at radius 2 is 1.94 bits per heavy atom. The molecule has 0 aliphatic rings. The molecule has 0 radical (unpaired) electrons. The topological polar surface area (TPSA) is 0 Å².